The Hall–Kier alpha value is -1.63. The van der Waals surface area contributed by atoms with Gasteiger partial charge >= 0.3 is 0 Å². The molecule has 0 aliphatic heterocycles. The van der Waals surface area contributed by atoms with Crippen LogP contribution in [-0.2, 0) is 9.84 Å². The number of benzene rings is 2. The topological polar surface area (TPSA) is 106 Å². The van der Waals surface area contributed by atoms with E-state index >= 15 is 0 Å². The van der Waals surface area contributed by atoms with Crippen molar-refractivity contribution in [3.8, 4) is 0 Å². The molecule has 0 aliphatic rings. The summed E-state index contributed by atoms with van der Waals surface area (Å²) in [7, 11) is -3.63. The average molecular weight is 266 g/mol. The molecular formula is C12H14N2O3S. The molecule has 5 N–H and O–H groups in total. The highest BCUT2D eigenvalue weighted by atomic mass is 32.2. The van der Waals surface area contributed by atoms with Crippen molar-refractivity contribution in [2.24, 2.45) is 5.73 Å². The third kappa shape index (κ3) is 2.31. The predicted octanol–water partition coefficient (Wildman–Crippen LogP) is 0.473. The maximum atomic E-state index is 12.1. The summed E-state index contributed by atoms with van der Waals surface area (Å²) in [6, 6.07) is 9.93. The van der Waals surface area contributed by atoms with Gasteiger partial charge in [0.2, 0.25) is 0 Å². The van der Waals surface area contributed by atoms with Crippen LogP contribution in [0.5, 0.6) is 0 Å². The number of anilines is 1. The van der Waals surface area contributed by atoms with Crippen LogP contribution in [0.15, 0.2) is 41.3 Å². The van der Waals surface area contributed by atoms with Crippen LogP contribution in [0.4, 0.5) is 5.69 Å². The van der Waals surface area contributed by atoms with Crippen molar-refractivity contribution in [2.75, 3.05) is 11.5 Å². The standard InChI is InChI=1S/C12H14N2O3S/c13-10-5-6-11(18(16,17)7-12(14)15)9-4-2-1-3-8(9)10/h1-6,12,15H,7,13-14H2. The number of hydrogen-bond acceptors (Lipinski definition) is 5. The summed E-state index contributed by atoms with van der Waals surface area (Å²) >= 11 is 0. The maximum Gasteiger partial charge on any atom is 0.182 e. The molecule has 96 valence electrons. The van der Waals surface area contributed by atoms with Crippen LogP contribution >= 0.6 is 0 Å². The minimum Gasteiger partial charge on any atom is -0.398 e. The molecule has 0 heterocycles. The van der Waals surface area contributed by atoms with Gasteiger partial charge in [0.25, 0.3) is 0 Å². The molecule has 2 aromatic carbocycles. The minimum absolute atomic E-state index is 0.136. The lowest BCUT2D eigenvalue weighted by Crippen LogP contribution is -2.29. The Bertz CT molecular complexity index is 681. The van der Waals surface area contributed by atoms with Gasteiger partial charge in [-0.25, -0.2) is 8.42 Å². The lowest BCUT2D eigenvalue weighted by molar-refractivity contribution is 0.205. The quantitative estimate of drug-likeness (QED) is 0.553. The number of hydrogen-bond donors (Lipinski definition) is 3. The molecule has 0 saturated heterocycles. The number of nitrogens with two attached hydrogens (primary N) is 2. The first kappa shape index (κ1) is 12.8. The second-order valence-corrected chi connectivity index (χ2v) is 6.05. The average Bonchev–Trinajstić information content (AvgIpc) is 2.27. The normalized spacial score (nSPS) is 13.7. The molecule has 2 aromatic rings. The van der Waals surface area contributed by atoms with Gasteiger partial charge in [-0.05, 0) is 12.1 Å². The van der Waals surface area contributed by atoms with Crippen molar-refractivity contribution in [1.82, 2.24) is 0 Å². The smallest absolute Gasteiger partial charge is 0.182 e. The van der Waals surface area contributed by atoms with Crippen molar-refractivity contribution in [3.05, 3.63) is 36.4 Å². The second kappa shape index (κ2) is 4.56. The fraction of sp³-hybridized carbons (Fsp3) is 0.167. The molecule has 0 bridgehead atoms. The molecule has 1 atom stereocenters. The van der Waals surface area contributed by atoms with Crippen molar-refractivity contribution >= 4 is 26.3 Å². The van der Waals surface area contributed by atoms with Gasteiger partial charge in [0.05, 0.1) is 10.6 Å². The third-order valence-corrected chi connectivity index (χ3v) is 4.45. The molecule has 5 nitrogen and oxygen atoms in total. The third-order valence-electron chi connectivity index (χ3n) is 2.64. The summed E-state index contributed by atoms with van der Waals surface area (Å²) in [5.74, 6) is -0.513. The lowest BCUT2D eigenvalue weighted by atomic mass is 10.1. The highest BCUT2D eigenvalue weighted by molar-refractivity contribution is 7.91. The van der Waals surface area contributed by atoms with Crippen molar-refractivity contribution in [1.29, 1.82) is 0 Å². The zero-order valence-corrected chi connectivity index (χ0v) is 10.4. The van der Waals surface area contributed by atoms with E-state index in [1.165, 1.54) is 12.1 Å². The van der Waals surface area contributed by atoms with Gasteiger partial charge in [-0.15, -0.1) is 0 Å². The first-order valence-corrected chi connectivity index (χ1v) is 7.00. The molecule has 1 unspecified atom stereocenters. The first-order valence-electron chi connectivity index (χ1n) is 5.35. The molecule has 0 radical (unpaired) electrons. The number of aliphatic hydroxyl groups is 1. The molecule has 0 aromatic heterocycles. The number of rotatable bonds is 3. The predicted molar refractivity (Wildman–Crippen MR) is 70.6 cm³/mol. The van der Waals surface area contributed by atoms with E-state index in [4.69, 9.17) is 16.6 Å². The Morgan fingerprint density at radius 3 is 2.33 bits per heavy atom. The van der Waals surface area contributed by atoms with E-state index in [0.29, 0.717) is 16.5 Å². The lowest BCUT2D eigenvalue weighted by Gasteiger charge is -2.11. The largest absolute Gasteiger partial charge is 0.398 e. The van der Waals surface area contributed by atoms with Gasteiger partial charge < -0.3 is 16.6 Å². The van der Waals surface area contributed by atoms with Crippen LogP contribution in [0.2, 0.25) is 0 Å². The fourth-order valence-electron chi connectivity index (χ4n) is 1.88. The van der Waals surface area contributed by atoms with Crippen LogP contribution in [0.25, 0.3) is 10.8 Å². The number of aliphatic hydroxyl groups excluding tert-OH is 1. The van der Waals surface area contributed by atoms with E-state index in [-0.39, 0.29) is 4.90 Å². The molecular weight excluding hydrogens is 252 g/mol. The monoisotopic (exact) mass is 266 g/mol. The van der Waals surface area contributed by atoms with E-state index in [1.54, 1.807) is 24.3 Å². The van der Waals surface area contributed by atoms with Crippen molar-refractivity contribution in [3.63, 3.8) is 0 Å². The van der Waals surface area contributed by atoms with Crippen LogP contribution in [0.1, 0.15) is 0 Å². The SMILES string of the molecule is Nc1ccc(S(=O)(=O)CC(N)O)c2ccccc12. The first-order chi connectivity index (χ1) is 8.42. The van der Waals surface area contributed by atoms with Crippen LogP contribution in [-0.4, -0.2) is 25.5 Å². The molecule has 2 rings (SSSR count). The molecule has 0 fully saturated rings. The fourth-order valence-corrected chi connectivity index (χ4v) is 3.30. The van der Waals surface area contributed by atoms with Gasteiger partial charge in [0.15, 0.2) is 9.84 Å². The van der Waals surface area contributed by atoms with E-state index in [1.807, 2.05) is 0 Å². The van der Waals surface area contributed by atoms with E-state index < -0.39 is 21.8 Å². The molecule has 0 saturated carbocycles. The van der Waals surface area contributed by atoms with Gasteiger partial charge in [-0.2, -0.15) is 0 Å². The molecule has 0 amide bonds. The molecule has 0 spiro atoms. The summed E-state index contributed by atoms with van der Waals surface area (Å²) in [4.78, 5) is 0.136. The maximum absolute atomic E-state index is 12.1. The Balaban J connectivity index is 2.70. The molecule has 0 aliphatic carbocycles. The van der Waals surface area contributed by atoms with Crippen molar-refractivity contribution < 1.29 is 13.5 Å². The Kier molecular flexibility index (Phi) is 3.25. The number of fused-ring (bicyclic) bond motifs is 1. The van der Waals surface area contributed by atoms with Crippen LogP contribution in [0, 0.1) is 0 Å². The zero-order valence-electron chi connectivity index (χ0n) is 9.58. The minimum atomic E-state index is -3.63. The highest BCUT2D eigenvalue weighted by Crippen LogP contribution is 2.28. The van der Waals surface area contributed by atoms with Gasteiger partial charge in [-0.3, -0.25) is 0 Å². The summed E-state index contributed by atoms with van der Waals surface area (Å²) in [5, 5.41) is 10.3. The van der Waals surface area contributed by atoms with Crippen molar-refractivity contribution in [2.45, 2.75) is 11.1 Å². The summed E-state index contributed by atoms with van der Waals surface area (Å²) in [5.41, 5.74) is 11.5. The Morgan fingerprint density at radius 2 is 1.72 bits per heavy atom. The summed E-state index contributed by atoms with van der Waals surface area (Å²) in [6.45, 7) is 0. The number of nitrogen functional groups attached to an aromatic ring is 1. The van der Waals surface area contributed by atoms with Gasteiger partial charge in [-0.1, -0.05) is 24.3 Å². The Morgan fingerprint density at radius 1 is 1.11 bits per heavy atom. The number of sulfone groups is 1. The van der Waals surface area contributed by atoms with E-state index in [0.717, 1.165) is 0 Å². The second-order valence-electron chi connectivity index (χ2n) is 4.05. The van der Waals surface area contributed by atoms with E-state index in [2.05, 4.69) is 0 Å². The molecule has 18 heavy (non-hydrogen) atoms. The summed E-state index contributed by atoms with van der Waals surface area (Å²) in [6.07, 6.45) is -1.40. The van der Waals surface area contributed by atoms with E-state index in [9.17, 15) is 8.42 Å². The highest BCUT2D eigenvalue weighted by Gasteiger charge is 2.20. The summed E-state index contributed by atoms with van der Waals surface area (Å²) < 4.78 is 24.2. The molecule has 6 heteroatoms. The van der Waals surface area contributed by atoms with Gasteiger partial charge in [0, 0.05) is 16.5 Å². The zero-order chi connectivity index (χ0) is 13.3. The van der Waals surface area contributed by atoms with Crippen LogP contribution < -0.4 is 11.5 Å². The van der Waals surface area contributed by atoms with Gasteiger partial charge in [0.1, 0.15) is 6.23 Å². The Labute approximate surface area is 105 Å². The van der Waals surface area contributed by atoms with Crippen LogP contribution in [0.3, 0.4) is 0 Å².